The molecule has 0 aliphatic heterocycles. The second-order valence-electron chi connectivity index (χ2n) is 6.27. The second-order valence-corrected chi connectivity index (χ2v) is 6.27. The molecule has 0 fully saturated rings. The number of nitrogens with one attached hydrogen (secondary N) is 1. The lowest BCUT2D eigenvalue weighted by molar-refractivity contribution is 0.414. The van der Waals surface area contributed by atoms with Crippen molar-refractivity contribution in [2.75, 3.05) is 6.54 Å². The molecular weight excluding hydrogens is 248 g/mol. The van der Waals surface area contributed by atoms with E-state index in [1.54, 1.807) is 6.07 Å². The number of para-hydroxylation sites is 1. The first-order valence-corrected chi connectivity index (χ1v) is 7.31. The zero-order chi connectivity index (χ0) is 14.6. The number of benzene rings is 1. The van der Waals surface area contributed by atoms with Gasteiger partial charge in [0.05, 0.1) is 5.52 Å². The van der Waals surface area contributed by atoms with Crippen molar-refractivity contribution in [3.05, 3.63) is 46.8 Å². The molecule has 0 amide bonds. The summed E-state index contributed by atoms with van der Waals surface area (Å²) in [7, 11) is 0. The zero-order valence-electron chi connectivity index (χ0n) is 12.6. The molecule has 0 saturated carbocycles. The van der Waals surface area contributed by atoms with Crippen molar-refractivity contribution in [2.45, 2.75) is 45.7 Å². The lowest BCUT2D eigenvalue weighted by Crippen LogP contribution is -2.36. The molecule has 3 nitrogen and oxygen atoms in total. The molecule has 0 atom stereocenters. The average Bonchev–Trinajstić information content (AvgIpc) is 2.39. The molecule has 2 rings (SSSR count). The molecule has 0 bridgehead atoms. The normalized spacial score (nSPS) is 11.9. The lowest BCUT2D eigenvalue weighted by atomic mass is 10.1. The summed E-state index contributed by atoms with van der Waals surface area (Å²) in [6, 6.07) is 11.6. The molecule has 1 N–H and O–H groups in total. The van der Waals surface area contributed by atoms with Crippen LogP contribution in [0, 0.1) is 0 Å². The third kappa shape index (κ3) is 3.94. The molecule has 0 spiro atoms. The molecule has 3 heteroatoms. The minimum Gasteiger partial charge on any atom is -0.312 e. The van der Waals surface area contributed by atoms with E-state index >= 15 is 0 Å². The number of aryl methyl sites for hydroxylation is 1. The van der Waals surface area contributed by atoms with Crippen LogP contribution in [0.5, 0.6) is 0 Å². The topological polar surface area (TPSA) is 34.0 Å². The van der Waals surface area contributed by atoms with Crippen LogP contribution in [0.15, 0.2) is 41.2 Å². The summed E-state index contributed by atoms with van der Waals surface area (Å²) in [5.74, 6) is 0. The third-order valence-corrected chi connectivity index (χ3v) is 3.36. The van der Waals surface area contributed by atoms with E-state index in [1.165, 1.54) is 0 Å². The Morgan fingerprint density at radius 1 is 1.05 bits per heavy atom. The molecule has 1 aromatic heterocycles. The van der Waals surface area contributed by atoms with Gasteiger partial charge in [-0.2, -0.15) is 0 Å². The van der Waals surface area contributed by atoms with Crippen molar-refractivity contribution >= 4 is 10.9 Å². The van der Waals surface area contributed by atoms with E-state index in [0.717, 1.165) is 36.8 Å². The highest BCUT2D eigenvalue weighted by Gasteiger charge is 2.07. The summed E-state index contributed by atoms with van der Waals surface area (Å²) in [5.41, 5.74) is 1.28. The van der Waals surface area contributed by atoms with Crippen molar-refractivity contribution in [2.24, 2.45) is 0 Å². The molecule has 2 aromatic rings. The predicted molar refractivity (Wildman–Crippen MR) is 85.2 cm³/mol. The average molecular weight is 272 g/mol. The number of fused-ring (bicyclic) bond motifs is 1. The number of aromatic nitrogens is 1. The summed E-state index contributed by atoms with van der Waals surface area (Å²) in [6.45, 7) is 8.28. The summed E-state index contributed by atoms with van der Waals surface area (Å²) in [6.07, 6.45) is 2.09. The van der Waals surface area contributed by atoms with E-state index in [0.29, 0.717) is 0 Å². The number of unbranched alkanes of at least 4 members (excludes halogenated alkanes) is 1. The van der Waals surface area contributed by atoms with Crippen LogP contribution in [0.3, 0.4) is 0 Å². The van der Waals surface area contributed by atoms with Gasteiger partial charge in [-0.3, -0.25) is 4.79 Å². The fourth-order valence-electron chi connectivity index (χ4n) is 2.33. The Bertz CT molecular complexity index is 623. The van der Waals surface area contributed by atoms with E-state index in [4.69, 9.17) is 0 Å². The summed E-state index contributed by atoms with van der Waals surface area (Å²) in [4.78, 5) is 12.0. The van der Waals surface area contributed by atoms with Crippen LogP contribution in [0.1, 0.15) is 33.6 Å². The maximum absolute atomic E-state index is 12.0. The molecule has 0 radical (unpaired) electrons. The summed E-state index contributed by atoms with van der Waals surface area (Å²) in [5, 5.41) is 4.60. The lowest BCUT2D eigenvalue weighted by Gasteiger charge is -2.20. The fourth-order valence-corrected chi connectivity index (χ4v) is 2.33. The molecule has 0 aliphatic rings. The van der Waals surface area contributed by atoms with Gasteiger partial charge in [0, 0.05) is 18.2 Å². The Balaban J connectivity index is 2.00. The van der Waals surface area contributed by atoms with E-state index in [-0.39, 0.29) is 11.1 Å². The molecule has 1 heterocycles. The second kappa shape index (κ2) is 6.23. The first kappa shape index (κ1) is 14.8. The van der Waals surface area contributed by atoms with Crippen molar-refractivity contribution in [3.63, 3.8) is 0 Å². The Labute approximate surface area is 120 Å². The van der Waals surface area contributed by atoms with Gasteiger partial charge in [-0.25, -0.2) is 0 Å². The maximum Gasteiger partial charge on any atom is 0.251 e. The molecule has 20 heavy (non-hydrogen) atoms. The number of hydrogen-bond donors (Lipinski definition) is 1. The molecule has 0 unspecified atom stereocenters. The van der Waals surface area contributed by atoms with Crippen molar-refractivity contribution in [1.29, 1.82) is 0 Å². The van der Waals surface area contributed by atoms with Gasteiger partial charge >= 0.3 is 0 Å². The smallest absolute Gasteiger partial charge is 0.251 e. The van der Waals surface area contributed by atoms with Gasteiger partial charge in [-0.1, -0.05) is 18.2 Å². The largest absolute Gasteiger partial charge is 0.312 e. The summed E-state index contributed by atoms with van der Waals surface area (Å²) >= 11 is 0. The Hall–Kier alpha value is -1.61. The van der Waals surface area contributed by atoms with Crippen molar-refractivity contribution in [3.8, 4) is 0 Å². The van der Waals surface area contributed by atoms with E-state index < -0.39 is 0 Å². The van der Waals surface area contributed by atoms with Crippen LogP contribution in [0.4, 0.5) is 0 Å². The van der Waals surface area contributed by atoms with Gasteiger partial charge in [0.1, 0.15) is 0 Å². The monoisotopic (exact) mass is 272 g/mol. The van der Waals surface area contributed by atoms with Gasteiger partial charge in [0.2, 0.25) is 0 Å². The predicted octanol–water partition coefficient (Wildman–Crippen LogP) is 3.17. The van der Waals surface area contributed by atoms with Crippen LogP contribution in [-0.2, 0) is 6.54 Å². The van der Waals surface area contributed by atoms with E-state index in [9.17, 15) is 4.79 Å². The van der Waals surface area contributed by atoms with Crippen LogP contribution < -0.4 is 10.9 Å². The SMILES string of the molecule is CC(C)(C)NCCCCn1c(=O)ccc2ccccc21. The van der Waals surface area contributed by atoms with Crippen LogP contribution in [-0.4, -0.2) is 16.7 Å². The van der Waals surface area contributed by atoms with E-state index in [2.05, 4.69) is 26.1 Å². The molecular formula is C17H24N2O. The van der Waals surface area contributed by atoms with Crippen LogP contribution in [0.25, 0.3) is 10.9 Å². The first-order chi connectivity index (χ1) is 9.47. The van der Waals surface area contributed by atoms with Crippen molar-refractivity contribution in [1.82, 2.24) is 9.88 Å². The Kier molecular flexibility index (Phi) is 4.61. The van der Waals surface area contributed by atoms with Gasteiger partial charge in [-0.05, 0) is 57.7 Å². The Morgan fingerprint density at radius 3 is 2.55 bits per heavy atom. The highest BCUT2D eigenvalue weighted by molar-refractivity contribution is 5.78. The molecule has 0 aliphatic carbocycles. The standard InChI is InChI=1S/C17H24N2O/c1-17(2,3)18-12-6-7-13-19-15-9-5-4-8-14(15)10-11-16(19)20/h4-5,8-11,18H,6-7,12-13H2,1-3H3. The minimum absolute atomic E-state index is 0.0903. The Morgan fingerprint density at radius 2 is 1.80 bits per heavy atom. The minimum atomic E-state index is 0.0903. The van der Waals surface area contributed by atoms with E-state index in [1.807, 2.05) is 34.9 Å². The van der Waals surface area contributed by atoms with Gasteiger partial charge < -0.3 is 9.88 Å². The fraction of sp³-hybridized carbons (Fsp3) is 0.471. The van der Waals surface area contributed by atoms with Crippen LogP contribution in [0.2, 0.25) is 0 Å². The van der Waals surface area contributed by atoms with Crippen LogP contribution >= 0.6 is 0 Å². The quantitative estimate of drug-likeness (QED) is 0.848. The number of pyridine rings is 1. The zero-order valence-corrected chi connectivity index (χ0v) is 12.6. The van der Waals surface area contributed by atoms with Gasteiger partial charge in [0.15, 0.2) is 0 Å². The molecule has 0 saturated heterocycles. The first-order valence-electron chi connectivity index (χ1n) is 7.31. The van der Waals surface area contributed by atoms with Gasteiger partial charge in [-0.15, -0.1) is 0 Å². The summed E-state index contributed by atoms with van der Waals surface area (Å²) < 4.78 is 1.88. The molecule has 108 valence electrons. The highest BCUT2D eigenvalue weighted by Crippen LogP contribution is 2.11. The number of rotatable bonds is 5. The highest BCUT2D eigenvalue weighted by atomic mass is 16.1. The number of nitrogens with zero attached hydrogens (tertiary/aromatic N) is 1. The van der Waals surface area contributed by atoms with Crippen molar-refractivity contribution < 1.29 is 0 Å². The number of hydrogen-bond acceptors (Lipinski definition) is 2. The molecule has 1 aromatic carbocycles. The third-order valence-electron chi connectivity index (χ3n) is 3.36. The van der Waals surface area contributed by atoms with Gasteiger partial charge in [0.25, 0.3) is 5.56 Å². The maximum atomic E-state index is 12.0.